The number of likely N-dealkylation sites (N-methyl/N-ethyl adjacent to an activating group) is 1. The van der Waals surface area contributed by atoms with E-state index in [1.165, 1.54) is 5.56 Å². The molecule has 2 aromatic rings. The lowest BCUT2D eigenvalue weighted by Gasteiger charge is -2.10. The summed E-state index contributed by atoms with van der Waals surface area (Å²) in [5.74, 6) is 0. The number of imidazole rings is 1. The molecule has 0 spiro atoms. The zero-order valence-electron chi connectivity index (χ0n) is 9.83. The van der Waals surface area contributed by atoms with E-state index in [0.717, 1.165) is 30.7 Å². The van der Waals surface area contributed by atoms with Gasteiger partial charge in [0, 0.05) is 19.6 Å². The molecule has 4 heteroatoms. The summed E-state index contributed by atoms with van der Waals surface area (Å²) in [4.78, 5) is 9.49. The van der Waals surface area contributed by atoms with Gasteiger partial charge in [0.2, 0.25) is 0 Å². The first-order valence-electron chi connectivity index (χ1n) is 5.53. The molecule has 1 aromatic carbocycles. The van der Waals surface area contributed by atoms with Gasteiger partial charge in [-0.15, -0.1) is 0 Å². The first-order chi connectivity index (χ1) is 7.75. The number of nitrogens with one attached hydrogen (secondary N) is 2. The Hall–Kier alpha value is -1.39. The summed E-state index contributed by atoms with van der Waals surface area (Å²) in [5.41, 5.74) is 3.42. The average molecular weight is 218 g/mol. The van der Waals surface area contributed by atoms with Crippen LogP contribution < -0.4 is 5.32 Å². The van der Waals surface area contributed by atoms with Crippen LogP contribution in [0.5, 0.6) is 0 Å². The Labute approximate surface area is 95.7 Å². The molecule has 0 atom stereocenters. The average Bonchev–Trinajstić information content (AvgIpc) is 2.71. The Balaban J connectivity index is 1.89. The number of nitrogens with zero attached hydrogens (tertiary/aromatic N) is 2. The van der Waals surface area contributed by atoms with E-state index < -0.39 is 0 Å². The molecule has 0 aliphatic rings. The van der Waals surface area contributed by atoms with Gasteiger partial charge in [-0.2, -0.15) is 0 Å². The minimum Gasteiger partial charge on any atom is -0.345 e. The summed E-state index contributed by atoms with van der Waals surface area (Å²) in [6.07, 6.45) is 1.73. The zero-order chi connectivity index (χ0) is 11.4. The molecular weight excluding hydrogens is 200 g/mol. The quantitative estimate of drug-likeness (QED) is 0.741. The second-order valence-corrected chi connectivity index (χ2v) is 4.23. The predicted octanol–water partition coefficient (Wildman–Crippen LogP) is 1.21. The van der Waals surface area contributed by atoms with Crippen LogP contribution in [0.4, 0.5) is 0 Å². The molecule has 0 unspecified atom stereocenters. The van der Waals surface area contributed by atoms with Gasteiger partial charge in [0.1, 0.15) is 0 Å². The molecule has 0 saturated heterocycles. The van der Waals surface area contributed by atoms with Crippen LogP contribution >= 0.6 is 0 Å². The SMILES string of the molecule is CN(C)CCNCc1ccc2nc[nH]c2c1. The highest BCUT2D eigenvalue weighted by molar-refractivity contribution is 5.74. The highest BCUT2D eigenvalue weighted by Gasteiger charge is 1.98. The van der Waals surface area contributed by atoms with Crippen molar-refractivity contribution < 1.29 is 0 Å². The number of benzene rings is 1. The molecule has 0 radical (unpaired) electrons. The fourth-order valence-electron chi connectivity index (χ4n) is 1.63. The molecule has 0 amide bonds. The molecule has 0 bridgehead atoms. The third kappa shape index (κ3) is 2.81. The van der Waals surface area contributed by atoms with Gasteiger partial charge in [0.15, 0.2) is 0 Å². The Kier molecular flexibility index (Phi) is 3.54. The molecule has 4 nitrogen and oxygen atoms in total. The highest BCUT2D eigenvalue weighted by Crippen LogP contribution is 2.11. The standard InChI is InChI=1S/C12H18N4/c1-16(2)6-5-13-8-10-3-4-11-12(7-10)15-9-14-11/h3-4,7,9,13H,5-6,8H2,1-2H3,(H,14,15). The molecule has 16 heavy (non-hydrogen) atoms. The summed E-state index contributed by atoms with van der Waals surface area (Å²) < 4.78 is 0. The summed E-state index contributed by atoms with van der Waals surface area (Å²) in [6.45, 7) is 2.98. The van der Waals surface area contributed by atoms with E-state index in [9.17, 15) is 0 Å². The molecule has 2 rings (SSSR count). The third-order valence-corrected chi connectivity index (χ3v) is 2.55. The van der Waals surface area contributed by atoms with Crippen molar-refractivity contribution in [3.05, 3.63) is 30.1 Å². The maximum absolute atomic E-state index is 4.20. The van der Waals surface area contributed by atoms with Crippen LogP contribution in [0.15, 0.2) is 24.5 Å². The van der Waals surface area contributed by atoms with Crippen molar-refractivity contribution in [2.45, 2.75) is 6.54 Å². The van der Waals surface area contributed by atoms with Gasteiger partial charge in [0.05, 0.1) is 17.4 Å². The lowest BCUT2D eigenvalue weighted by atomic mass is 10.2. The normalized spacial score (nSPS) is 11.4. The number of H-pyrrole nitrogens is 1. The van der Waals surface area contributed by atoms with Crippen molar-refractivity contribution >= 4 is 11.0 Å². The minimum atomic E-state index is 0.906. The van der Waals surface area contributed by atoms with E-state index >= 15 is 0 Å². The van der Waals surface area contributed by atoms with Gasteiger partial charge < -0.3 is 15.2 Å². The number of fused-ring (bicyclic) bond motifs is 1. The topological polar surface area (TPSA) is 44.0 Å². The smallest absolute Gasteiger partial charge is 0.0931 e. The Morgan fingerprint density at radius 1 is 1.38 bits per heavy atom. The van der Waals surface area contributed by atoms with Crippen molar-refractivity contribution in [3.63, 3.8) is 0 Å². The van der Waals surface area contributed by atoms with Crippen molar-refractivity contribution in [2.75, 3.05) is 27.2 Å². The molecule has 0 aliphatic carbocycles. The minimum absolute atomic E-state index is 0.906. The van der Waals surface area contributed by atoms with E-state index in [0.29, 0.717) is 0 Å². The number of aromatic nitrogens is 2. The van der Waals surface area contributed by atoms with Gasteiger partial charge in [-0.1, -0.05) is 6.07 Å². The molecule has 2 N–H and O–H groups in total. The fourth-order valence-corrected chi connectivity index (χ4v) is 1.63. The van der Waals surface area contributed by atoms with Crippen molar-refractivity contribution in [2.24, 2.45) is 0 Å². The van der Waals surface area contributed by atoms with Gasteiger partial charge in [-0.25, -0.2) is 4.98 Å². The number of hydrogen-bond acceptors (Lipinski definition) is 3. The first-order valence-corrected chi connectivity index (χ1v) is 5.53. The molecule has 0 aliphatic heterocycles. The monoisotopic (exact) mass is 218 g/mol. The maximum atomic E-state index is 4.20. The van der Waals surface area contributed by atoms with Crippen LogP contribution in [0, 0.1) is 0 Å². The summed E-state index contributed by atoms with van der Waals surface area (Å²) in [5, 5.41) is 3.41. The van der Waals surface area contributed by atoms with E-state index in [2.05, 4.69) is 52.5 Å². The summed E-state index contributed by atoms with van der Waals surface area (Å²) >= 11 is 0. The predicted molar refractivity (Wildman–Crippen MR) is 66.4 cm³/mol. The Morgan fingerprint density at radius 3 is 3.06 bits per heavy atom. The van der Waals surface area contributed by atoms with E-state index in [-0.39, 0.29) is 0 Å². The number of hydrogen-bond donors (Lipinski definition) is 2. The summed E-state index contributed by atoms with van der Waals surface area (Å²) in [6, 6.07) is 6.31. The van der Waals surface area contributed by atoms with Gasteiger partial charge >= 0.3 is 0 Å². The van der Waals surface area contributed by atoms with Crippen LogP contribution in [0.2, 0.25) is 0 Å². The second kappa shape index (κ2) is 5.09. The molecule has 0 saturated carbocycles. The highest BCUT2D eigenvalue weighted by atomic mass is 15.1. The maximum Gasteiger partial charge on any atom is 0.0931 e. The molecule has 1 heterocycles. The van der Waals surface area contributed by atoms with Crippen molar-refractivity contribution in [1.82, 2.24) is 20.2 Å². The fraction of sp³-hybridized carbons (Fsp3) is 0.417. The van der Waals surface area contributed by atoms with Crippen molar-refractivity contribution in [3.8, 4) is 0 Å². The van der Waals surface area contributed by atoms with Crippen LogP contribution in [0.1, 0.15) is 5.56 Å². The van der Waals surface area contributed by atoms with Crippen molar-refractivity contribution in [1.29, 1.82) is 0 Å². The molecule has 86 valence electrons. The second-order valence-electron chi connectivity index (χ2n) is 4.23. The van der Waals surface area contributed by atoms with Crippen LogP contribution in [0.3, 0.4) is 0 Å². The molecular formula is C12H18N4. The van der Waals surface area contributed by atoms with Gasteiger partial charge in [-0.05, 0) is 31.8 Å². The van der Waals surface area contributed by atoms with Gasteiger partial charge in [0.25, 0.3) is 0 Å². The number of rotatable bonds is 5. The number of aromatic amines is 1. The van der Waals surface area contributed by atoms with Crippen LogP contribution in [0.25, 0.3) is 11.0 Å². The Bertz CT molecular complexity index is 447. The van der Waals surface area contributed by atoms with Gasteiger partial charge in [-0.3, -0.25) is 0 Å². The first kappa shape index (κ1) is 11.1. The van der Waals surface area contributed by atoms with Crippen LogP contribution in [-0.4, -0.2) is 42.1 Å². The van der Waals surface area contributed by atoms with Crippen LogP contribution in [-0.2, 0) is 6.54 Å². The van der Waals surface area contributed by atoms with E-state index in [4.69, 9.17) is 0 Å². The largest absolute Gasteiger partial charge is 0.345 e. The Morgan fingerprint density at radius 2 is 2.25 bits per heavy atom. The lowest BCUT2D eigenvalue weighted by Crippen LogP contribution is -2.26. The zero-order valence-corrected chi connectivity index (χ0v) is 9.83. The van der Waals surface area contributed by atoms with E-state index in [1.807, 2.05) is 0 Å². The third-order valence-electron chi connectivity index (χ3n) is 2.55. The molecule has 0 fully saturated rings. The lowest BCUT2D eigenvalue weighted by molar-refractivity contribution is 0.400. The van der Waals surface area contributed by atoms with E-state index in [1.54, 1.807) is 6.33 Å². The summed E-state index contributed by atoms with van der Waals surface area (Å²) in [7, 11) is 4.16. The molecule has 1 aromatic heterocycles.